The molecule has 0 spiro atoms. The summed E-state index contributed by atoms with van der Waals surface area (Å²) in [6.07, 6.45) is 11.6. The first-order valence-electron chi connectivity index (χ1n) is 9.73. The molecule has 4 rings (SSSR count). The summed E-state index contributed by atoms with van der Waals surface area (Å²) in [7, 11) is 0. The van der Waals surface area contributed by atoms with E-state index >= 15 is 0 Å². The maximum Gasteiger partial charge on any atom is 0.133 e. The van der Waals surface area contributed by atoms with Gasteiger partial charge in [-0.05, 0) is 94.3 Å². The lowest BCUT2D eigenvalue weighted by molar-refractivity contribution is -0.126. The molecule has 23 heavy (non-hydrogen) atoms. The topological polar surface area (TPSA) is 37.3 Å². The molecule has 0 heterocycles. The molecule has 1 N–H and O–H groups in total. The third kappa shape index (κ3) is 2.35. The molecule has 4 aliphatic rings. The highest BCUT2D eigenvalue weighted by atomic mass is 16.3. The normalized spacial score (nSPS) is 52.2. The van der Waals surface area contributed by atoms with Gasteiger partial charge >= 0.3 is 0 Å². The first-order valence-corrected chi connectivity index (χ1v) is 9.73. The quantitative estimate of drug-likeness (QED) is 0.722. The Labute approximate surface area is 140 Å². The molecule has 2 heteroatoms. The molecule has 0 aromatic heterocycles. The summed E-state index contributed by atoms with van der Waals surface area (Å²) in [5, 5.41) is 10.4. The number of rotatable bonds is 1. The van der Waals surface area contributed by atoms with Crippen molar-refractivity contribution >= 4 is 5.78 Å². The molecule has 0 aromatic carbocycles. The van der Waals surface area contributed by atoms with Gasteiger partial charge in [-0.15, -0.1) is 0 Å². The number of allylic oxidation sites excluding steroid dienone is 1. The Morgan fingerprint density at radius 2 is 1.91 bits per heavy atom. The van der Waals surface area contributed by atoms with Crippen molar-refractivity contribution in [3.8, 4) is 0 Å². The third-order valence-corrected chi connectivity index (χ3v) is 8.21. The fourth-order valence-corrected chi connectivity index (χ4v) is 7.13. The van der Waals surface area contributed by atoms with E-state index in [2.05, 4.69) is 13.0 Å². The fraction of sp³-hybridized carbons (Fsp3) is 0.857. The molecule has 4 aliphatic carbocycles. The number of carbonyl (C=O) groups excluding carboxylic acids is 1. The minimum atomic E-state index is -0.481. The van der Waals surface area contributed by atoms with Gasteiger partial charge in [0.15, 0.2) is 0 Å². The summed E-state index contributed by atoms with van der Waals surface area (Å²) in [5.41, 5.74) is 1.33. The van der Waals surface area contributed by atoms with Crippen molar-refractivity contribution in [2.24, 2.45) is 35.0 Å². The van der Waals surface area contributed by atoms with Crippen molar-refractivity contribution in [1.82, 2.24) is 0 Å². The van der Waals surface area contributed by atoms with Crippen LogP contribution in [-0.2, 0) is 4.79 Å². The summed E-state index contributed by atoms with van der Waals surface area (Å²) in [4.78, 5) is 12.1. The van der Waals surface area contributed by atoms with Crippen molar-refractivity contribution in [2.75, 3.05) is 0 Å². The minimum absolute atomic E-state index is 0.262. The summed E-state index contributed by atoms with van der Waals surface area (Å²) >= 11 is 0. The highest BCUT2D eigenvalue weighted by molar-refractivity contribution is 5.79. The van der Waals surface area contributed by atoms with Gasteiger partial charge in [-0.25, -0.2) is 0 Å². The monoisotopic (exact) mass is 316 g/mol. The second-order valence-electron chi connectivity index (χ2n) is 9.55. The lowest BCUT2D eigenvalue weighted by atomic mass is 9.51. The zero-order valence-electron chi connectivity index (χ0n) is 15.0. The number of Topliss-reactive ketones (excluding diaryl/α,β-unsaturated/α-hetero) is 1. The summed E-state index contributed by atoms with van der Waals surface area (Å²) in [6, 6.07) is 0. The Kier molecular flexibility index (Phi) is 3.58. The van der Waals surface area contributed by atoms with Crippen LogP contribution < -0.4 is 0 Å². The van der Waals surface area contributed by atoms with Crippen LogP contribution in [0.1, 0.15) is 72.1 Å². The molecule has 3 saturated carbocycles. The Hall–Kier alpha value is -0.630. The zero-order chi connectivity index (χ0) is 16.4. The maximum atomic E-state index is 12.1. The average Bonchev–Trinajstić information content (AvgIpc) is 2.83. The molecule has 0 aromatic rings. The number of aliphatic hydroxyl groups is 1. The molecule has 3 fully saturated rings. The molecular weight excluding hydrogens is 284 g/mol. The van der Waals surface area contributed by atoms with Crippen LogP contribution >= 0.6 is 0 Å². The van der Waals surface area contributed by atoms with Crippen LogP contribution in [0.3, 0.4) is 0 Å². The molecule has 0 radical (unpaired) electrons. The highest BCUT2D eigenvalue weighted by Crippen LogP contribution is 2.63. The van der Waals surface area contributed by atoms with E-state index in [-0.39, 0.29) is 5.41 Å². The average molecular weight is 316 g/mol. The van der Waals surface area contributed by atoms with E-state index in [1.807, 2.05) is 13.8 Å². The third-order valence-electron chi connectivity index (χ3n) is 8.21. The molecule has 0 saturated heterocycles. The van der Waals surface area contributed by atoms with Gasteiger partial charge in [0.25, 0.3) is 0 Å². The maximum absolute atomic E-state index is 12.1. The van der Waals surface area contributed by atoms with E-state index in [1.165, 1.54) is 32.1 Å². The lowest BCUT2D eigenvalue weighted by Gasteiger charge is -2.54. The van der Waals surface area contributed by atoms with Crippen molar-refractivity contribution in [3.05, 3.63) is 11.6 Å². The van der Waals surface area contributed by atoms with Gasteiger partial charge in [0.2, 0.25) is 0 Å². The van der Waals surface area contributed by atoms with Crippen LogP contribution in [0.4, 0.5) is 0 Å². The number of hydrogen-bond acceptors (Lipinski definition) is 2. The van der Waals surface area contributed by atoms with Gasteiger partial charge in [-0.2, -0.15) is 0 Å². The van der Waals surface area contributed by atoms with Crippen molar-refractivity contribution in [1.29, 1.82) is 0 Å². The van der Waals surface area contributed by atoms with Crippen LogP contribution in [0.15, 0.2) is 11.6 Å². The number of hydrogen-bond donors (Lipinski definition) is 1. The van der Waals surface area contributed by atoms with Gasteiger partial charge in [0.05, 0.1) is 5.60 Å². The van der Waals surface area contributed by atoms with E-state index in [4.69, 9.17) is 0 Å². The largest absolute Gasteiger partial charge is 0.390 e. The van der Waals surface area contributed by atoms with E-state index in [0.717, 1.165) is 42.9 Å². The fourth-order valence-electron chi connectivity index (χ4n) is 7.13. The Balaban J connectivity index is 1.61. The van der Waals surface area contributed by atoms with Gasteiger partial charge in [-0.1, -0.05) is 18.6 Å². The molecule has 7 atom stereocenters. The Morgan fingerprint density at radius 1 is 1.13 bits per heavy atom. The smallest absolute Gasteiger partial charge is 0.133 e. The predicted molar refractivity (Wildman–Crippen MR) is 91.9 cm³/mol. The minimum Gasteiger partial charge on any atom is -0.390 e. The second kappa shape index (κ2) is 5.18. The van der Waals surface area contributed by atoms with E-state index in [0.29, 0.717) is 11.7 Å². The Bertz CT molecular complexity index is 546. The summed E-state index contributed by atoms with van der Waals surface area (Å²) < 4.78 is 0. The zero-order valence-corrected chi connectivity index (χ0v) is 15.0. The number of carbonyl (C=O) groups is 1. The standard InChI is InChI=1S/C21H32O2/c1-13(22)18-6-7-19-17-5-4-14-12-20(2,23)10-8-15(14)16(17)9-11-21(18,19)3/h4,15-19,23H,5-12H2,1-3H3/t15-,16+,17+,18+,19-,20+,21+/m0/s1. The molecule has 0 aliphatic heterocycles. The molecule has 0 bridgehead atoms. The molecular formula is C21H32O2. The SMILES string of the molecule is CC(=O)[C@H]1CC[C@H]2[C@@H]3CC=C4C[C@](C)(O)CC[C@@H]4[C@H]3CC[C@]12C. The first-order chi connectivity index (χ1) is 10.8. The van der Waals surface area contributed by atoms with Crippen molar-refractivity contribution in [2.45, 2.75) is 77.7 Å². The van der Waals surface area contributed by atoms with Gasteiger partial charge in [-0.3, -0.25) is 4.79 Å². The van der Waals surface area contributed by atoms with Crippen LogP contribution in [0, 0.1) is 35.0 Å². The van der Waals surface area contributed by atoms with Crippen molar-refractivity contribution in [3.63, 3.8) is 0 Å². The number of ketones is 1. The highest BCUT2D eigenvalue weighted by Gasteiger charge is 2.57. The predicted octanol–water partition coefficient (Wildman–Crippen LogP) is 4.52. The van der Waals surface area contributed by atoms with E-state index in [1.54, 1.807) is 5.57 Å². The van der Waals surface area contributed by atoms with Gasteiger partial charge < -0.3 is 5.11 Å². The molecule has 2 nitrogen and oxygen atoms in total. The molecule has 128 valence electrons. The number of fused-ring (bicyclic) bond motifs is 5. The summed E-state index contributed by atoms with van der Waals surface area (Å²) in [5.74, 6) is 3.80. The van der Waals surface area contributed by atoms with E-state index in [9.17, 15) is 9.90 Å². The first kappa shape index (κ1) is 15.9. The van der Waals surface area contributed by atoms with Crippen LogP contribution in [0.25, 0.3) is 0 Å². The Morgan fingerprint density at radius 3 is 2.65 bits per heavy atom. The van der Waals surface area contributed by atoms with Crippen molar-refractivity contribution < 1.29 is 9.90 Å². The van der Waals surface area contributed by atoms with Gasteiger partial charge in [0.1, 0.15) is 5.78 Å². The molecule has 0 amide bonds. The van der Waals surface area contributed by atoms with Crippen LogP contribution in [0.5, 0.6) is 0 Å². The lowest BCUT2D eigenvalue weighted by Crippen LogP contribution is -2.48. The van der Waals surface area contributed by atoms with Crippen LogP contribution in [0.2, 0.25) is 0 Å². The van der Waals surface area contributed by atoms with E-state index < -0.39 is 5.60 Å². The van der Waals surface area contributed by atoms with Crippen LogP contribution in [-0.4, -0.2) is 16.5 Å². The second-order valence-corrected chi connectivity index (χ2v) is 9.55. The van der Waals surface area contributed by atoms with Gasteiger partial charge in [0, 0.05) is 5.92 Å². The summed E-state index contributed by atoms with van der Waals surface area (Å²) in [6.45, 7) is 6.23. The molecule has 0 unspecified atom stereocenters.